The van der Waals surface area contributed by atoms with E-state index in [1.54, 1.807) is 12.5 Å². The summed E-state index contributed by atoms with van der Waals surface area (Å²) in [4.78, 5) is 13.3. The molecule has 2 aromatic heterocycles. The van der Waals surface area contributed by atoms with E-state index in [0.717, 1.165) is 36.8 Å². The highest BCUT2D eigenvalue weighted by atomic mass is 15.2. The highest BCUT2D eigenvalue weighted by Crippen LogP contribution is 2.28. The maximum absolute atomic E-state index is 4.75. The van der Waals surface area contributed by atoms with Gasteiger partial charge in [-0.25, -0.2) is 15.0 Å². The molecule has 22 heavy (non-hydrogen) atoms. The molecule has 2 unspecified atom stereocenters. The number of imidazole rings is 1. The number of piperidine rings is 1. The first-order valence-electron chi connectivity index (χ1n) is 7.98. The Labute approximate surface area is 131 Å². The smallest absolute Gasteiger partial charge is 0.235 e. The summed E-state index contributed by atoms with van der Waals surface area (Å²) >= 11 is 0. The minimum absolute atomic E-state index is 0.319. The Morgan fingerprint density at radius 1 is 1.41 bits per heavy atom. The zero-order valence-corrected chi connectivity index (χ0v) is 13.3. The van der Waals surface area contributed by atoms with E-state index in [1.807, 2.05) is 24.7 Å². The topological polar surface area (TPSA) is 67.7 Å². The molecule has 3 heterocycles. The van der Waals surface area contributed by atoms with Crippen molar-refractivity contribution in [3.8, 4) is 5.95 Å². The number of aryl methyl sites for hydroxylation is 1. The van der Waals surface area contributed by atoms with Crippen LogP contribution in [0.1, 0.15) is 36.7 Å². The fourth-order valence-corrected chi connectivity index (χ4v) is 3.08. The van der Waals surface area contributed by atoms with E-state index in [2.05, 4.69) is 26.7 Å². The lowest BCUT2D eigenvalue weighted by Crippen LogP contribution is -2.33. The molecular weight excluding hydrogens is 276 g/mol. The molecule has 0 saturated carbocycles. The lowest BCUT2D eigenvalue weighted by Gasteiger charge is -2.30. The number of hydrogen-bond acceptors (Lipinski definition) is 5. The molecule has 118 valence electrons. The van der Waals surface area contributed by atoms with Crippen LogP contribution in [0.4, 0.5) is 0 Å². The molecular formula is C16H24N6. The van der Waals surface area contributed by atoms with Gasteiger partial charge in [-0.05, 0) is 58.3 Å². The summed E-state index contributed by atoms with van der Waals surface area (Å²) in [5.41, 5.74) is 2.08. The molecule has 0 radical (unpaired) electrons. The summed E-state index contributed by atoms with van der Waals surface area (Å²) in [6.45, 7) is 4.16. The monoisotopic (exact) mass is 300 g/mol. The molecule has 2 atom stereocenters. The van der Waals surface area contributed by atoms with Gasteiger partial charge in [0.2, 0.25) is 5.95 Å². The Morgan fingerprint density at radius 2 is 2.32 bits per heavy atom. The summed E-state index contributed by atoms with van der Waals surface area (Å²) < 4.78 is 1.86. The van der Waals surface area contributed by atoms with Crippen molar-refractivity contribution in [3.63, 3.8) is 0 Å². The van der Waals surface area contributed by atoms with Crippen molar-refractivity contribution in [3.05, 3.63) is 36.2 Å². The van der Waals surface area contributed by atoms with E-state index < -0.39 is 0 Å². The number of aromatic nitrogens is 4. The van der Waals surface area contributed by atoms with Crippen LogP contribution in [0.5, 0.6) is 0 Å². The molecule has 1 aliphatic heterocycles. The number of hydrogen-bond donors (Lipinski definition) is 2. The average molecular weight is 300 g/mol. The van der Waals surface area contributed by atoms with Crippen LogP contribution in [0.3, 0.4) is 0 Å². The maximum atomic E-state index is 4.75. The molecule has 2 aromatic rings. The minimum atomic E-state index is 0.319. The number of nitrogens with zero attached hydrogens (tertiary/aromatic N) is 4. The van der Waals surface area contributed by atoms with Gasteiger partial charge < -0.3 is 10.6 Å². The summed E-state index contributed by atoms with van der Waals surface area (Å²) in [7, 11) is 2.02. The minimum Gasteiger partial charge on any atom is -0.320 e. The van der Waals surface area contributed by atoms with E-state index in [-0.39, 0.29) is 0 Å². The Morgan fingerprint density at radius 3 is 3.09 bits per heavy atom. The summed E-state index contributed by atoms with van der Waals surface area (Å²) in [5.74, 6) is 1.46. The van der Waals surface area contributed by atoms with E-state index in [9.17, 15) is 0 Å². The molecule has 3 rings (SSSR count). The van der Waals surface area contributed by atoms with Gasteiger partial charge in [0.25, 0.3) is 0 Å². The standard InChI is InChI=1S/C16H24N6/c1-12-9-15(21-16(20-12)22-8-7-18-11-22)14-10-13(3-5-17-2)4-6-19-14/h7-9,11,13-14,17,19H,3-6,10H2,1-2H3. The van der Waals surface area contributed by atoms with Crippen LogP contribution in [-0.2, 0) is 0 Å². The predicted octanol–water partition coefficient (Wildman–Crippen LogP) is 1.62. The first-order valence-corrected chi connectivity index (χ1v) is 7.98. The molecule has 0 amide bonds. The third-order valence-electron chi connectivity index (χ3n) is 4.27. The average Bonchev–Trinajstić information content (AvgIpc) is 3.07. The quantitative estimate of drug-likeness (QED) is 0.878. The zero-order chi connectivity index (χ0) is 15.4. The first kappa shape index (κ1) is 15.1. The van der Waals surface area contributed by atoms with Crippen molar-refractivity contribution in [2.24, 2.45) is 5.92 Å². The molecule has 0 aromatic carbocycles. The second-order valence-electron chi connectivity index (χ2n) is 5.99. The molecule has 1 fully saturated rings. The zero-order valence-electron chi connectivity index (χ0n) is 13.3. The van der Waals surface area contributed by atoms with Gasteiger partial charge in [0.1, 0.15) is 6.33 Å². The molecule has 6 heteroatoms. The fraction of sp³-hybridized carbons (Fsp3) is 0.562. The van der Waals surface area contributed by atoms with Crippen molar-refractivity contribution in [2.45, 2.75) is 32.2 Å². The van der Waals surface area contributed by atoms with Gasteiger partial charge in [0.05, 0.1) is 5.69 Å². The first-order chi connectivity index (χ1) is 10.8. The predicted molar refractivity (Wildman–Crippen MR) is 85.9 cm³/mol. The second-order valence-corrected chi connectivity index (χ2v) is 5.99. The van der Waals surface area contributed by atoms with Crippen molar-refractivity contribution < 1.29 is 0 Å². The van der Waals surface area contributed by atoms with Crippen molar-refractivity contribution >= 4 is 0 Å². The highest BCUT2D eigenvalue weighted by molar-refractivity contribution is 5.21. The van der Waals surface area contributed by atoms with Crippen LogP contribution in [0.2, 0.25) is 0 Å². The third kappa shape index (κ3) is 3.51. The van der Waals surface area contributed by atoms with E-state index in [4.69, 9.17) is 4.98 Å². The van der Waals surface area contributed by atoms with E-state index >= 15 is 0 Å². The van der Waals surface area contributed by atoms with Crippen LogP contribution in [0.25, 0.3) is 5.95 Å². The highest BCUT2D eigenvalue weighted by Gasteiger charge is 2.24. The lowest BCUT2D eigenvalue weighted by molar-refractivity contribution is 0.287. The van der Waals surface area contributed by atoms with E-state index in [0.29, 0.717) is 12.0 Å². The Hall–Kier alpha value is -1.79. The lowest BCUT2D eigenvalue weighted by atomic mass is 9.88. The van der Waals surface area contributed by atoms with Crippen molar-refractivity contribution in [1.29, 1.82) is 0 Å². The van der Waals surface area contributed by atoms with Crippen molar-refractivity contribution in [2.75, 3.05) is 20.1 Å². The van der Waals surface area contributed by atoms with Crippen LogP contribution >= 0.6 is 0 Å². The summed E-state index contributed by atoms with van der Waals surface area (Å²) in [6.07, 6.45) is 8.98. The molecule has 0 bridgehead atoms. The number of rotatable bonds is 5. The van der Waals surface area contributed by atoms with Gasteiger partial charge in [0.15, 0.2) is 0 Å². The number of nitrogens with one attached hydrogen (secondary N) is 2. The molecule has 6 nitrogen and oxygen atoms in total. The Balaban J connectivity index is 1.79. The van der Waals surface area contributed by atoms with Crippen LogP contribution in [-0.4, -0.2) is 39.7 Å². The van der Waals surface area contributed by atoms with E-state index in [1.165, 1.54) is 12.8 Å². The molecule has 0 spiro atoms. The third-order valence-corrected chi connectivity index (χ3v) is 4.27. The molecule has 1 aliphatic rings. The maximum Gasteiger partial charge on any atom is 0.235 e. The summed E-state index contributed by atoms with van der Waals surface area (Å²) in [5, 5.41) is 6.86. The Bertz CT molecular complexity index is 595. The van der Waals surface area contributed by atoms with Gasteiger partial charge in [-0.2, -0.15) is 0 Å². The van der Waals surface area contributed by atoms with Gasteiger partial charge in [-0.15, -0.1) is 0 Å². The molecule has 0 aliphatic carbocycles. The largest absolute Gasteiger partial charge is 0.320 e. The SMILES string of the molecule is CNCCC1CCNC(c2cc(C)nc(-n3ccnc3)n2)C1. The van der Waals surface area contributed by atoms with Crippen LogP contribution < -0.4 is 10.6 Å². The summed E-state index contributed by atoms with van der Waals surface area (Å²) in [6, 6.07) is 2.41. The second kappa shape index (κ2) is 6.98. The van der Waals surface area contributed by atoms with Crippen molar-refractivity contribution in [1.82, 2.24) is 30.2 Å². The van der Waals surface area contributed by atoms with Crippen LogP contribution in [0.15, 0.2) is 24.8 Å². The molecule has 2 N–H and O–H groups in total. The van der Waals surface area contributed by atoms with Crippen LogP contribution in [0, 0.1) is 12.8 Å². The Kier molecular flexibility index (Phi) is 4.80. The van der Waals surface area contributed by atoms with Gasteiger partial charge >= 0.3 is 0 Å². The van der Waals surface area contributed by atoms with Gasteiger partial charge in [-0.1, -0.05) is 0 Å². The molecule has 1 saturated heterocycles. The normalized spacial score (nSPS) is 21.9. The van der Waals surface area contributed by atoms with Gasteiger partial charge in [0, 0.05) is 24.1 Å². The van der Waals surface area contributed by atoms with Gasteiger partial charge in [-0.3, -0.25) is 4.57 Å². The fourth-order valence-electron chi connectivity index (χ4n) is 3.08.